The molecule has 9 nitrogen and oxygen atoms in total. The van der Waals surface area contributed by atoms with Gasteiger partial charge in [0.15, 0.2) is 6.10 Å². The van der Waals surface area contributed by atoms with Crippen molar-refractivity contribution >= 4 is 27.9 Å². The molecule has 1 aromatic rings. The molecular formula is C17H23N3O6S. The summed E-state index contributed by atoms with van der Waals surface area (Å²) in [6.45, 7) is 3.38. The number of fused-ring (bicyclic) bond motifs is 1. The number of urea groups is 1. The Morgan fingerprint density at radius 3 is 2.48 bits per heavy atom. The number of carbonyl (C=O) groups is 3. The predicted octanol–water partition coefficient (Wildman–Crippen LogP) is 0.150. The van der Waals surface area contributed by atoms with E-state index in [1.54, 1.807) is 25.1 Å². The van der Waals surface area contributed by atoms with Crippen LogP contribution in [0.25, 0.3) is 0 Å². The van der Waals surface area contributed by atoms with Gasteiger partial charge in [0.1, 0.15) is 6.04 Å². The van der Waals surface area contributed by atoms with E-state index in [-0.39, 0.29) is 13.0 Å². The number of rotatable bonds is 5. The number of nitrogens with zero attached hydrogens (tertiary/aromatic N) is 1. The van der Waals surface area contributed by atoms with Gasteiger partial charge in [0.05, 0.1) is 6.26 Å². The van der Waals surface area contributed by atoms with Crippen LogP contribution in [0.5, 0.6) is 0 Å². The van der Waals surface area contributed by atoms with Gasteiger partial charge < -0.3 is 10.1 Å². The lowest BCUT2D eigenvalue weighted by Gasteiger charge is -2.33. The monoisotopic (exact) mass is 397 g/mol. The summed E-state index contributed by atoms with van der Waals surface area (Å²) in [6, 6.07) is 5.45. The van der Waals surface area contributed by atoms with Gasteiger partial charge in [0.25, 0.3) is 5.91 Å². The molecule has 0 fully saturated rings. The molecule has 0 bridgehead atoms. The highest BCUT2D eigenvalue weighted by Gasteiger charge is 2.39. The summed E-state index contributed by atoms with van der Waals surface area (Å²) in [7, 11) is -3.68. The van der Waals surface area contributed by atoms with Gasteiger partial charge in [0.2, 0.25) is 10.0 Å². The fraction of sp³-hybridized carbons (Fsp3) is 0.471. The molecule has 1 aromatic carbocycles. The minimum absolute atomic E-state index is 0.0499. The lowest BCUT2D eigenvalue weighted by atomic mass is 9.96. The zero-order valence-electron chi connectivity index (χ0n) is 15.4. The highest BCUT2D eigenvalue weighted by atomic mass is 32.2. The van der Waals surface area contributed by atoms with E-state index in [4.69, 9.17) is 4.74 Å². The summed E-state index contributed by atoms with van der Waals surface area (Å²) >= 11 is 0. The first-order valence-corrected chi connectivity index (χ1v) is 10.3. The zero-order valence-corrected chi connectivity index (χ0v) is 16.2. The molecule has 27 heavy (non-hydrogen) atoms. The average Bonchev–Trinajstić information content (AvgIpc) is 2.59. The highest BCUT2D eigenvalue weighted by Crippen LogP contribution is 2.26. The number of carbonyl (C=O) groups excluding carboxylic acids is 3. The molecule has 0 unspecified atom stereocenters. The molecule has 0 saturated carbocycles. The van der Waals surface area contributed by atoms with E-state index in [1.165, 1.54) is 6.92 Å². The van der Waals surface area contributed by atoms with Crippen molar-refractivity contribution in [1.29, 1.82) is 0 Å². The molecule has 0 radical (unpaired) electrons. The molecule has 1 aliphatic rings. The molecule has 0 saturated heterocycles. The molecule has 2 atom stereocenters. The maximum absolute atomic E-state index is 12.6. The predicted molar refractivity (Wildman–Crippen MR) is 97.1 cm³/mol. The first kappa shape index (κ1) is 20.8. The van der Waals surface area contributed by atoms with E-state index in [0.29, 0.717) is 6.54 Å². The Balaban J connectivity index is 2.13. The largest absolute Gasteiger partial charge is 0.451 e. The Bertz CT molecular complexity index is 839. The van der Waals surface area contributed by atoms with Gasteiger partial charge >= 0.3 is 12.0 Å². The van der Waals surface area contributed by atoms with Crippen molar-refractivity contribution in [1.82, 2.24) is 14.9 Å². The first-order chi connectivity index (χ1) is 12.6. The third-order valence-electron chi connectivity index (χ3n) is 4.14. The van der Waals surface area contributed by atoms with Crippen molar-refractivity contribution in [2.24, 2.45) is 0 Å². The second-order valence-corrected chi connectivity index (χ2v) is 8.16. The van der Waals surface area contributed by atoms with Gasteiger partial charge in [-0.3, -0.25) is 14.9 Å². The third-order valence-corrected chi connectivity index (χ3v) is 5.38. The fourth-order valence-electron chi connectivity index (χ4n) is 2.77. The van der Waals surface area contributed by atoms with Gasteiger partial charge in [0, 0.05) is 19.5 Å². The normalized spacial score (nSPS) is 18.1. The van der Waals surface area contributed by atoms with Crippen LogP contribution in [0, 0.1) is 0 Å². The van der Waals surface area contributed by atoms with Crippen molar-refractivity contribution in [2.45, 2.75) is 39.0 Å². The van der Waals surface area contributed by atoms with Gasteiger partial charge in [-0.2, -0.15) is 4.31 Å². The number of hydrogen-bond acceptors (Lipinski definition) is 6. The van der Waals surface area contributed by atoms with Crippen LogP contribution in [0.3, 0.4) is 0 Å². The van der Waals surface area contributed by atoms with Gasteiger partial charge in [-0.25, -0.2) is 13.2 Å². The van der Waals surface area contributed by atoms with Crippen LogP contribution in [-0.2, 0) is 37.3 Å². The fourth-order valence-corrected chi connectivity index (χ4v) is 3.77. The maximum atomic E-state index is 12.6. The number of amides is 3. The number of hydrogen-bond donors (Lipinski definition) is 2. The standard InChI is InChI=1S/C17H23N3O6S/c1-4-18-17(23)19-15(21)11(2)26-16(22)14-9-12-7-5-6-8-13(12)10-20(14)27(3,24)25/h5-8,11,14H,4,9-10H2,1-3H3,(H2,18,19,21,23)/t11-,14+/m0/s1. The molecule has 0 spiro atoms. The van der Waals surface area contributed by atoms with Gasteiger partial charge in [-0.1, -0.05) is 24.3 Å². The van der Waals surface area contributed by atoms with E-state index in [0.717, 1.165) is 21.7 Å². The molecule has 148 valence electrons. The number of esters is 1. The minimum Gasteiger partial charge on any atom is -0.451 e. The summed E-state index contributed by atoms with van der Waals surface area (Å²) < 4.78 is 30.5. The molecule has 1 heterocycles. The number of nitrogens with one attached hydrogen (secondary N) is 2. The molecule has 1 aliphatic heterocycles. The van der Waals surface area contributed by atoms with E-state index in [2.05, 4.69) is 5.32 Å². The highest BCUT2D eigenvalue weighted by molar-refractivity contribution is 7.88. The molecule has 0 aromatic heterocycles. The Morgan fingerprint density at radius 1 is 1.26 bits per heavy atom. The third kappa shape index (κ3) is 5.27. The van der Waals surface area contributed by atoms with Crippen molar-refractivity contribution in [3.05, 3.63) is 35.4 Å². The Morgan fingerprint density at radius 2 is 1.89 bits per heavy atom. The second kappa shape index (κ2) is 8.49. The van der Waals surface area contributed by atoms with Crippen molar-refractivity contribution in [3.8, 4) is 0 Å². The molecule has 2 rings (SSSR count). The smallest absolute Gasteiger partial charge is 0.325 e. The summed E-state index contributed by atoms with van der Waals surface area (Å²) in [5.41, 5.74) is 1.66. The quantitative estimate of drug-likeness (QED) is 0.682. The van der Waals surface area contributed by atoms with Gasteiger partial charge in [-0.15, -0.1) is 0 Å². The van der Waals surface area contributed by atoms with Gasteiger partial charge in [-0.05, 0) is 25.0 Å². The number of imide groups is 1. The first-order valence-electron chi connectivity index (χ1n) is 8.46. The Kier molecular flexibility index (Phi) is 6.55. The number of ether oxygens (including phenoxy) is 1. The van der Waals surface area contributed by atoms with Crippen LogP contribution < -0.4 is 10.6 Å². The van der Waals surface area contributed by atoms with E-state index in [9.17, 15) is 22.8 Å². The molecule has 3 amide bonds. The SMILES string of the molecule is CCNC(=O)NC(=O)[C@H](C)OC(=O)[C@H]1Cc2ccccc2CN1S(C)(=O)=O. The Hall–Kier alpha value is -2.46. The van der Waals surface area contributed by atoms with Crippen molar-refractivity contribution in [2.75, 3.05) is 12.8 Å². The van der Waals surface area contributed by atoms with Crippen LogP contribution in [0.2, 0.25) is 0 Å². The van der Waals surface area contributed by atoms with E-state index in [1.807, 2.05) is 11.4 Å². The zero-order chi connectivity index (χ0) is 20.2. The molecule has 0 aliphatic carbocycles. The lowest BCUT2D eigenvalue weighted by Crippen LogP contribution is -2.51. The molecular weight excluding hydrogens is 374 g/mol. The van der Waals surface area contributed by atoms with Crippen LogP contribution in [0.1, 0.15) is 25.0 Å². The molecule has 10 heteroatoms. The van der Waals surface area contributed by atoms with Crippen LogP contribution in [0.4, 0.5) is 4.79 Å². The average molecular weight is 397 g/mol. The topological polar surface area (TPSA) is 122 Å². The van der Waals surface area contributed by atoms with Crippen LogP contribution >= 0.6 is 0 Å². The number of sulfonamides is 1. The van der Waals surface area contributed by atoms with Crippen molar-refractivity contribution < 1.29 is 27.5 Å². The lowest BCUT2D eigenvalue weighted by molar-refractivity contribution is -0.158. The van der Waals surface area contributed by atoms with Crippen molar-refractivity contribution in [3.63, 3.8) is 0 Å². The van der Waals surface area contributed by atoms with Crippen LogP contribution in [0.15, 0.2) is 24.3 Å². The second-order valence-electron chi connectivity index (χ2n) is 6.22. The van der Waals surface area contributed by atoms with E-state index < -0.39 is 40.1 Å². The Labute approximate surface area is 158 Å². The summed E-state index contributed by atoms with van der Waals surface area (Å²) in [4.78, 5) is 35.9. The minimum atomic E-state index is -3.68. The van der Waals surface area contributed by atoms with E-state index >= 15 is 0 Å². The summed E-state index contributed by atoms with van der Waals surface area (Å²) in [5, 5.41) is 4.43. The molecule has 2 N–H and O–H groups in total. The number of benzene rings is 1. The summed E-state index contributed by atoms with van der Waals surface area (Å²) in [6.07, 6.45) is -0.0854. The maximum Gasteiger partial charge on any atom is 0.325 e. The van der Waals surface area contributed by atoms with Crippen LogP contribution in [-0.4, -0.2) is 55.6 Å². The summed E-state index contributed by atoms with van der Waals surface area (Å²) in [5.74, 6) is -1.63.